The van der Waals surface area contributed by atoms with Crippen molar-refractivity contribution in [3.05, 3.63) is 60.3 Å². The van der Waals surface area contributed by atoms with Crippen molar-refractivity contribution in [2.24, 2.45) is 0 Å². The molecule has 3 aromatic rings. The summed E-state index contributed by atoms with van der Waals surface area (Å²) in [6, 6.07) is 6.35. The molecule has 0 saturated heterocycles. The number of amides is 1. The second-order valence-electron chi connectivity index (χ2n) is 7.67. The molecule has 1 aliphatic heterocycles. The van der Waals surface area contributed by atoms with Crippen molar-refractivity contribution < 1.29 is 9.53 Å². The van der Waals surface area contributed by atoms with Crippen LogP contribution in [0, 0.1) is 0 Å². The molecule has 0 bridgehead atoms. The lowest BCUT2D eigenvalue weighted by atomic mass is 9.91. The third-order valence-electron chi connectivity index (χ3n) is 5.83. The Morgan fingerprint density at radius 3 is 2.86 bits per heavy atom. The van der Waals surface area contributed by atoms with Crippen LogP contribution in [0.4, 0.5) is 0 Å². The quantitative estimate of drug-likeness (QED) is 0.741. The molecular weight excluding hydrogens is 366 g/mol. The summed E-state index contributed by atoms with van der Waals surface area (Å²) in [6.07, 6.45) is 13.7. The van der Waals surface area contributed by atoms with E-state index in [2.05, 4.69) is 20.4 Å². The van der Waals surface area contributed by atoms with Gasteiger partial charge in [0.05, 0.1) is 36.3 Å². The van der Waals surface area contributed by atoms with Gasteiger partial charge in [-0.2, -0.15) is 5.10 Å². The van der Waals surface area contributed by atoms with E-state index < -0.39 is 0 Å². The summed E-state index contributed by atoms with van der Waals surface area (Å²) in [4.78, 5) is 21.2. The van der Waals surface area contributed by atoms with Crippen molar-refractivity contribution in [3.8, 4) is 17.0 Å². The Balaban J connectivity index is 1.20. The number of ether oxygens (including phenoxy) is 1. The molecule has 0 atom stereocenters. The summed E-state index contributed by atoms with van der Waals surface area (Å²) in [7, 11) is 0. The number of hydrogen-bond acceptors (Lipinski definition) is 5. The Morgan fingerprint density at radius 2 is 2.03 bits per heavy atom. The van der Waals surface area contributed by atoms with Crippen molar-refractivity contribution in [1.82, 2.24) is 25.1 Å². The predicted molar refractivity (Wildman–Crippen MR) is 108 cm³/mol. The van der Waals surface area contributed by atoms with Crippen LogP contribution < -0.4 is 10.1 Å². The maximum absolute atomic E-state index is 12.8. The van der Waals surface area contributed by atoms with Crippen LogP contribution in [-0.2, 0) is 6.42 Å². The molecular formula is C22H23N5O2. The maximum Gasteiger partial charge on any atom is 0.255 e. The fourth-order valence-corrected chi connectivity index (χ4v) is 4.26. The highest BCUT2D eigenvalue weighted by Crippen LogP contribution is 2.32. The molecule has 1 fully saturated rings. The number of benzene rings is 1. The summed E-state index contributed by atoms with van der Waals surface area (Å²) in [5, 5.41) is 7.74. The second kappa shape index (κ2) is 7.66. The minimum Gasteiger partial charge on any atom is -0.492 e. The average molecular weight is 389 g/mol. The zero-order valence-electron chi connectivity index (χ0n) is 16.1. The van der Waals surface area contributed by atoms with E-state index in [1.807, 2.05) is 35.3 Å². The minimum atomic E-state index is -0.0313. The summed E-state index contributed by atoms with van der Waals surface area (Å²) in [5.74, 6) is 0.725. The molecule has 0 radical (unpaired) electrons. The van der Waals surface area contributed by atoms with Gasteiger partial charge in [0.1, 0.15) is 5.75 Å². The van der Waals surface area contributed by atoms with Gasteiger partial charge in [0.15, 0.2) is 0 Å². The number of aromatic nitrogens is 4. The van der Waals surface area contributed by atoms with E-state index >= 15 is 0 Å². The third-order valence-corrected chi connectivity index (χ3v) is 5.83. The fraction of sp³-hybridized carbons (Fsp3) is 0.364. The van der Waals surface area contributed by atoms with Crippen LogP contribution in [0.1, 0.15) is 47.6 Å². The van der Waals surface area contributed by atoms with E-state index in [1.54, 1.807) is 18.6 Å². The smallest absolute Gasteiger partial charge is 0.255 e. The first-order chi connectivity index (χ1) is 14.3. The summed E-state index contributed by atoms with van der Waals surface area (Å²) in [6.45, 7) is 0.658. The van der Waals surface area contributed by atoms with E-state index in [1.165, 1.54) is 0 Å². The molecule has 1 saturated carbocycles. The largest absolute Gasteiger partial charge is 0.492 e. The van der Waals surface area contributed by atoms with Gasteiger partial charge in [0, 0.05) is 36.6 Å². The van der Waals surface area contributed by atoms with Crippen molar-refractivity contribution >= 4 is 5.91 Å². The number of fused-ring (bicyclic) bond motifs is 1. The normalized spacial score (nSPS) is 20.7. The van der Waals surface area contributed by atoms with E-state index in [0.717, 1.165) is 54.7 Å². The first-order valence-corrected chi connectivity index (χ1v) is 10.1. The lowest BCUT2D eigenvalue weighted by molar-refractivity contribution is 0.0918. The van der Waals surface area contributed by atoms with E-state index in [0.29, 0.717) is 18.2 Å². The van der Waals surface area contributed by atoms with Gasteiger partial charge in [-0.3, -0.25) is 19.4 Å². The zero-order chi connectivity index (χ0) is 19.6. The summed E-state index contributed by atoms with van der Waals surface area (Å²) < 4.78 is 7.70. The Kier molecular flexibility index (Phi) is 4.71. The van der Waals surface area contributed by atoms with Crippen LogP contribution in [0.3, 0.4) is 0 Å². The fourth-order valence-electron chi connectivity index (χ4n) is 4.26. The van der Waals surface area contributed by atoms with E-state index in [9.17, 15) is 4.79 Å². The van der Waals surface area contributed by atoms with Gasteiger partial charge in [-0.15, -0.1) is 0 Å². The first-order valence-electron chi connectivity index (χ1n) is 10.1. The molecule has 1 aromatic carbocycles. The highest BCUT2D eigenvalue weighted by atomic mass is 16.5. The highest BCUT2D eigenvalue weighted by Gasteiger charge is 2.26. The Hall–Kier alpha value is -3.22. The van der Waals surface area contributed by atoms with Gasteiger partial charge in [-0.05, 0) is 37.3 Å². The van der Waals surface area contributed by atoms with Gasteiger partial charge in [-0.1, -0.05) is 12.1 Å². The minimum absolute atomic E-state index is 0.0313. The van der Waals surface area contributed by atoms with Crippen molar-refractivity contribution in [2.75, 3.05) is 6.61 Å². The number of para-hydroxylation sites is 1. The van der Waals surface area contributed by atoms with Crippen LogP contribution in [0.5, 0.6) is 5.75 Å². The van der Waals surface area contributed by atoms with Gasteiger partial charge in [-0.25, -0.2) is 0 Å². The van der Waals surface area contributed by atoms with Gasteiger partial charge < -0.3 is 10.1 Å². The zero-order valence-corrected chi connectivity index (χ0v) is 16.1. The Labute approximate surface area is 169 Å². The Bertz CT molecular complexity index is 1010. The molecule has 2 aliphatic rings. The molecule has 0 unspecified atom stereocenters. The molecule has 0 spiro atoms. The molecule has 2 aromatic heterocycles. The molecule has 148 valence electrons. The van der Waals surface area contributed by atoms with E-state index in [4.69, 9.17) is 4.74 Å². The molecule has 7 heteroatoms. The topological polar surface area (TPSA) is 81.9 Å². The average Bonchev–Trinajstić information content (AvgIpc) is 3.44. The predicted octanol–water partition coefficient (Wildman–Crippen LogP) is 3.19. The lowest BCUT2D eigenvalue weighted by Gasteiger charge is -2.29. The third kappa shape index (κ3) is 3.60. The van der Waals surface area contributed by atoms with Crippen LogP contribution >= 0.6 is 0 Å². The number of nitrogens with one attached hydrogen (secondary N) is 1. The molecule has 29 heavy (non-hydrogen) atoms. The van der Waals surface area contributed by atoms with Crippen LogP contribution in [0.15, 0.2) is 49.2 Å². The molecule has 1 aliphatic carbocycles. The van der Waals surface area contributed by atoms with Crippen molar-refractivity contribution in [3.63, 3.8) is 0 Å². The monoisotopic (exact) mass is 389 g/mol. The van der Waals surface area contributed by atoms with Crippen LogP contribution in [0.2, 0.25) is 0 Å². The molecule has 7 nitrogen and oxygen atoms in total. The molecule has 1 amide bonds. The number of carbonyl (C=O) groups is 1. The van der Waals surface area contributed by atoms with E-state index in [-0.39, 0.29) is 11.9 Å². The second-order valence-corrected chi connectivity index (χ2v) is 7.67. The van der Waals surface area contributed by atoms with Gasteiger partial charge in [0.2, 0.25) is 0 Å². The summed E-state index contributed by atoms with van der Waals surface area (Å²) >= 11 is 0. The Morgan fingerprint density at radius 1 is 1.14 bits per heavy atom. The maximum atomic E-state index is 12.8. The van der Waals surface area contributed by atoms with Gasteiger partial charge in [0.25, 0.3) is 5.91 Å². The standard InChI is InChI=1S/C22H23N5O2/c28-22(19-3-1-2-15-8-11-29-21(15)19)26-17-4-6-18(7-5-17)27-14-16(12-25-27)20-13-23-9-10-24-20/h1-3,9-10,12-14,17-18H,4-8,11H2,(H,26,28). The van der Waals surface area contributed by atoms with Crippen LogP contribution in [0.25, 0.3) is 11.3 Å². The highest BCUT2D eigenvalue weighted by molar-refractivity contribution is 5.97. The molecule has 3 heterocycles. The summed E-state index contributed by atoms with van der Waals surface area (Å²) in [5.41, 5.74) is 3.59. The number of nitrogens with zero attached hydrogens (tertiary/aromatic N) is 4. The van der Waals surface area contributed by atoms with Crippen molar-refractivity contribution in [2.45, 2.75) is 44.2 Å². The number of rotatable bonds is 4. The van der Waals surface area contributed by atoms with Crippen molar-refractivity contribution in [1.29, 1.82) is 0 Å². The number of hydrogen-bond donors (Lipinski definition) is 1. The van der Waals surface area contributed by atoms with Gasteiger partial charge >= 0.3 is 0 Å². The molecule has 1 N–H and O–H groups in total. The van der Waals surface area contributed by atoms with Crippen LogP contribution in [-0.4, -0.2) is 38.3 Å². The lowest BCUT2D eigenvalue weighted by Crippen LogP contribution is -2.38. The molecule has 5 rings (SSSR count). The number of carbonyl (C=O) groups excluding carboxylic acids is 1. The SMILES string of the molecule is O=C(NC1CCC(n2cc(-c3cnccn3)cn2)CC1)c1cccc2c1OCC2. The first kappa shape index (κ1) is 17.8.